The second-order valence-corrected chi connectivity index (χ2v) is 6.66. The second kappa shape index (κ2) is 3.13. The van der Waals surface area contributed by atoms with Crippen LogP contribution in [-0.2, 0) is 4.74 Å². The monoisotopic (exact) mass is 220 g/mol. The van der Waals surface area contributed by atoms with Crippen LogP contribution in [0.2, 0.25) is 0 Å². The molecule has 0 radical (unpaired) electrons. The smallest absolute Gasteiger partial charge is 0.101 e. The van der Waals surface area contributed by atoms with E-state index in [4.69, 9.17) is 4.74 Å². The Morgan fingerprint density at radius 2 is 2.06 bits per heavy atom. The van der Waals surface area contributed by atoms with E-state index in [-0.39, 0.29) is 11.2 Å². The number of epoxide rings is 1. The maximum atomic E-state index is 6.23. The fourth-order valence-electron chi connectivity index (χ4n) is 4.45. The molecule has 0 aromatic rings. The number of hydrogen-bond acceptors (Lipinski definition) is 1. The molecule has 1 spiro atoms. The molecule has 1 heteroatoms. The van der Waals surface area contributed by atoms with Crippen LogP contribution < -0.4 is 0 Å². The van der Waals surface area contributed by atoms with Crippen molar-refractivity contribution in [3.8, 4) is 0 Å². The van der Waals surface area contributed by atoms with Gasteiger partial charge in [0.25, 0.3) is 0 Å². The summed E-state index contributed by atoms with van der Waals surface area (Å²) in [4.78, 5) is 0. The Kier molecular flexibility index (Phi) is 2.12. The first-order chi connectivity index (χ1) is 7.48. The molecule has 3 aliphatic rings. The maximum absolute atomic E-state index is 6.23. The number of hydrogen-bond donors (Lipinski definition) is 0. The highest BCUT2D eigenvalue weighted by molar-refractivity contribution is 5.22. The lowest BCUT2D eigenvalue weighted by molar-refractivity contribution is 0.178. The van der Waals surface area contributed by atoms with E-state index in [1.54, 1.807) is 0 Å². The van der Waals surface area contributed by atoms with Crippen LogP contribution >= 0.6 is 0 Å². The quantitative estimate of drug-likeness (QED) is 0.482. The van der Waals surface area contributed by atoms with Crippen LogP contribution in [0.3, 0.4) is 0 Å². The van der Waals surface area contributed by atoms with Gasteiger partial charge < -0.3 is 4.74 Å². The lowest BCUT2D eigenvalue weighted by atomic mass is 9.79. The van der Waals surface area contributed by atoms with E-state index in [0.717, 1.165) is 17.8 Å². The summed E-state index contributed by atoms with van der Waals surface area (Å²) in [6, 6.07) is 0. The van der Waals surface area contributed by atoms with E-state index in [1.807, 2.05) is 0 Å². The molecule has 1 heterocycles. The highest BCUT2D eigenvalue weighted by Crippen LogP contribution is 2.67. The van der Waals surface area contributed by atoms with Crippen molar-refractivity contribution in [2.45, 2.75) is 64.1 Å². The predicted molar refractivity (Wildman–Crippen MR) is 66.3 cm³/mol. The zero-order chi connectivity index (χ0) is 11.6. The van der Waals surface area contributed by atoms with Gasteiger partial charge in [0.15, 0.2) is 0 Å². The van der Waals surface area contributed by atoms with Gasteiger partial charge in [0.2, 0.25) is 0 Å². The summed E-state index contributed by atoms with van der Waals surface area (Å²) >= 11 is 0. The average Bonchev–Trinajstić information content (AvgIpc) is 2.71. The van der Waals surface area contributed by atoms with Gasteiger partial charge in [-0.1, -0.05) is 19.1 Å². The average molecular weight is 220 g/mol. The minimum absolute atomic E-state index is 0.215. The summed E-state index contributed by atoms with van der Waals surface area (Å²) < 4.78 is 6.23. The van der Waals surface area contributed by atoms with Crippen molar-refractivity contribution in [2.75, 3.05) is 0 Å². The third kappa shape index (κ3) is 1.21. The van der Waals surface area contributed by atoms with Crippen LogP contribution in [0.1, 0.15) is 52.9 Å². The molecule has 1 aliphatic heterocycles. The summed E-state index contributed by atoms with van der Waals surface area (Å²) in [5.74, 6) is 2.39. The lowest BCUT2D eigenvalue weighted by Gasteiger charge is -2.24. The van der Waals surface area contributed by atoms with Crippen LogP contribution in [-0.4, -0.2) is 11.2 Å². The van der Waals surface area contributed by atoms with Crippen LogP contribution in [0, 0.1) is 17.8 Å². The molecule has 2 saturated carbocycles. The molecule has 5 atom stereocenters. The van der Waals surface area contributed by atoms with E-state index < -0.39 is 0 Å². The molecule has 1 nitrogen and oxygen atoms in total. The van der Waals surface area contributed by atoms with Crippen LogP contribution in [0.25, 0.3) is 0 Å². The summed E-state index contributed by atoms with van der Waals surface area (Å²) in [5, 5.41) is 0. The molecule has 0 N–H and O–H groups in total. The second-order valence-electron chi connectivity index (χ2n) is 6.66. The molecule has 0 aromatic carbocycles. The highest BCUT2D eigenvalue weighted by Gasteiger charge is 2.73. The summed E-state index contributed by atoms with van der Waals surface area (Å²) in [6.45, 7) is 11.1. The predicted octanol–water partition coefficient (Wildman–Crippen LogP) is 3.94. The Bertz CT molecular complexity index is 330. The van der Waals surface area contributed by atoms with Gasteiger partial charge in [-0.05, 0) is 63.7 Å². The Morgan fingerprint density at radius 3 is 2.75 bits per heavy atom. The molecule has 0 amide bonds. The first-order valence-electron chi connectivity index (χ1n) is 6.84. The molecular weight excluding hydrogens is 196 g/mol. The van der Waals surface area contributed by atoms with Gasteiger partial charge in [-0.25, -0.2) is 0 Å². The third-order valence-corrected chi connectivity index (χ3v) is 5.72. The van der Waals surface area contributed by atoms with E-state index in [1.165, 1.54) is 37.7 Å². The summed E-state index contributed by atoms with van der Waals surface area (Å²) in [5.41, 5.74) is 1.88. The fraction of sp³-hybridized carbons (Fsp3) is 0.867. The van der Waals surface area contributed by atoms with Crippen molar-refractivity contribution in [1.29, 1.82) is 0 Å². The minimum atomic E-state index is 0.215. The topological polar surface area (TPSA) is 12.5 Å². The van der Waals surface area contributed by atoms with Gasteiger partial charge in [-0.3, -0.25) is 0 Å². The molecule has 3 fully saturated rings. The Morgan fingerprint density at radius 1 is 1.31 bits per heavy atom. The van der Waals surface area contributed by atoms with Crippen molar-refractivity contribution in [1.82, 2.24) is 0 Å². The summed E-state index contributed by atoms with van der Waals surface area (Å²) in [6.07, 6.45) is 6.53. The van der Waals surface area contributed by atoms with Crippen molar-refractivity contribution in [2.24, 2.45) is 17.8 Å². The molecule has 1 saturated heterocycles. The van der Waals surface area contributed by atoms with Gasteiger partial charge in [-0.2, -0.15) is 0 Å². The van der Waals surface area contributed by atoms with Gasteiger partial charge in [0, 0.05) is 0 Å². The van der Waals surface area contributed by atoms with Crippen molar-refractivity contribution in [3.63, 3.8) is 0 Å². The van der Waals surface area contributed by atoms with Crippen LogP contribution in [0.15, 0.2) is 12.2 Å². The highest BCUT2D eigenvalue weighted by atomic mass is 16.6. The van der Waals surface area contributed by atoms with Crippen molar-refractivity contribution < 1.29 is 4.74 Å². The molecule has 16 heavy (non-hydrogen) atoms. The van der Waals surface area contributed by atoms with E-state index in [9.17, 15) is 0 Å². The van der Waals surface area contributed by atoms with Gasteiger partial charge >= 0.3 is 0 Å². The fourth-order valence-corrected chi connectivity index (χ4v) is 4.45. The number of rotatable bonds is 1. The zero-order valence-corrected chi connectivity index (χ0v) is 10.9. The molecule has 90 valence electrons. The first kappa shape index (κ1) is 10.8. The SMILES string of the molecule is C=C(C)[C@@H]1CC[C@@]2(C)O[C@]23CC[C@H](C)[C@H]3C1. The van der Waals surface area contributed by atoms with Gasteiger partial charge in [0.05, 0.1) is 5.60 Å². The molecule has 3 rings (SSSR count). The van der Waals surface area contributed by atoms with E-state index in [0.29, 0.717) is 0 Å². The van der Waals surface area contributed by atoms with E-state index >= 15 is 0 Å². The van der Waals surface area contributed by atoms with Gasteiger partial charge in [0.1, 0.15) is 5.60 Å². The number of allylic oxidation sites excluding steroid dienone is 1. The van der Waals surface area contributed by atoms with Crippen LogP contribution in [0.5, 0.6) is 0 Å². The Labute approximate surface area is 99.3 Å². The molecular formula is C15H24O. The van der Waals surface area contributed by atoms with E-state index in [2.05, 4.69) is 27.4 Å². The Hall–Kier alpha value is -0.300. The first-order valence-corrected chi connectivity index (χ1v) is 6.84. The molecule has 2 aliphatic carbocycles. The van der Waals surface area contributed by atoms with Crippen molar-refractivity contribution in [3.05, 3.63) is 12.2 Å². The minimum Gasteiger partial charge on any atom is -0.363 e. The number of ether oxygens (including phenoxy) is 1. The van der Waals surface area contributed by atoms with Gasteiger partial charge in [-0.15, -0.1) is 0 Å². The normalized spacial score (nSPS) is 55.1. The maximum Gasteiger partial charge on any atom is 0.101 e. The van der Waals surface area contributed by atoms with Crippen molar-refractivity contribution >= 4 is 0 Å². The largest absolute Gasteiger partial charge is 0.363 e. The Balaban J connectivity index is 1.89. The summed E-state index contributed by atoms with van der Waals surface area (Å²) in [7, 11) is 0. The zero-order valence-electron chi connectivity index (χ0n) is 10.9. The van der Waals surface area contributed by atoms with Crippen LogP contribution in [0.4, 0.5) is 0 Å². The standard InChI is InChI=1S/C15H24O/c1-10(2)12-6-7-14(4)15(16-14)8-5-11(3)13(15)9-12/h11-13H,1,5-9H2,2-4H3/t11-,12+,13+,14+,15-/m0/s1. The lowest BCUT2D eigenvalue weighted by Crippen LogP contribution is -2.28. The third-order valence-electron chi connectivity index (χ3n) is 5.72. The molecule has 0 bridgehead atoms. The molecule has 0 unspecified atom stereocenters. The molecule has 0 aromatic heterocycles.